The van der Waals surface area contributed by atoms with E-state index in [9.17, 15) is 0 Å². The van der Waals surface area contributed by atoms with Crippen molar-refractivity contribution in [3.63, 3.8) is 0 Å². The molecule has 0 saturated heterocycles. The average molecular weight is 330 g/mol. The summed E-state index contributed by atoms with van der Waals surface area (Å²) in [6, 6.07) is 3.48. The molecule has 0 aliphatic rings. The van der Waals surface area contributed by atoms with Gasteiger partial charge in [-0.2, -0.15) is 0 Å². The summed E-state index contributed by atoms with van der Waals surface area (Å²) in [5.74, 6) is 0. The zero-order valence-corrected chi connectivity index (χ0v) is 18.5. The van der Waals surface area contributed by atoms with Crippen molar-refractivity contribution >= 4 is 9.28 Å². The lowest BCUT2D eigenvalue weighted by atomic mass is 10.3. The van der Waals surface area contributed by atoms with Gasteiger partial charge in [0.15, 0.2) is 0 Å². The molecular formula is C18H43N3Si. The van der Waals surface area contributed by atoms with Gasteiger partial charge in [0.1, 0.15) is 0 Å². The van der Waals surface area contributed by atoms with Crippen molar-refractivity contribution in [3.8, 4) is 0 Å². The van der Waals surface area contributed by atoms with Crippen molar-refractivity contribution in [2.24, 2.45) is 0 Å². The summed E-state index contributed by atoms with van der Waals surface area (Å²) in [6.07, 6.45) is 0. The van der Waals surface area contributed by atoms with Gasteiger partial charge in [-0.25, -0.2) is 0 Å². The Balaban J connectivity index is 6.03. The second kappa shape index (κ2) is 9.41. The fourth-order valence-corrected chi connectivity index (χ4v) is 7.97. The lowest BCUT2D eigenvalue weighted by Gasteiger charge is -2.53. The molecule has 0 aromatic rings. The molecule has 0 aliphatic heterocycles. The van der Waals surface area contributed by atoms with Gasteiger partial charge in [-0.1, -0.05) is 83.1 Å². The molecule has 0 atom stereocenters. The molecule has 0 spiro atoms. The molecule has 0 heterocycles. The zero-order chi connectivity index (χ0) is 17.8. The van der Waals surface area contributed by atoms with E-state index in [-0.39, 0.29) is 0 Å². The molecule has 0 radical (unpaired) electrons. The van der Waals surface area contributed by atoms with Crippen LogP contribution in [0.1, 0.15) is 83.1 Å². The number of hydrogen-bond acceptors (Lipinski definition) is 3. The van der Waals surface area contributed by atoms with Crippen LogP contribution in [0.2, 0.25) is 0 Å². The Kier molecular flexibility index (Phi) is 9.45. The fraction of sp³-hybridized carbons (Fsp3) is 1.00. The van der Waals surface area contributed by atoms with Crippen molar-refractivity contribution in [2.45, 2.75) is 119 Å². The van der Waals surface area contributed by atoms with Gasteiger partial charge >= 0.3 is 0 Å². The van der Waals surface area contributed by atoms with Crippen LogP contribution in [0.15, 0.2) is 0 Å². The van der Waals surface area contributed by atoms with Gasteiger partial charge < -0.3 is 0 Å². The van der Waals surface area contributed by atoms with E-state index in [0.717, 1.165) is 0 Å². The lowest BCUT2D eigenvalue weighted by molar-refractivity contribution is 0.151. The monoisotopic (exact) mass is 329 g/mol. The molecule has 0 aromatic carbocycles. The first-order valence-corrected chi connectivity index (χ1v) is 10.8. The fourth-order valence-electron chi connectivity index (χ4n) is 3.85. The summed E-state index contributed by atoms with van der Waals surface area (Å²) in [4.78, 5) is 0. The van der Waals surface area contributed by atoms with Crippen molar-refractivity contribution in [3.05, 3.63) is 0 Å². The zero-order valence-electron chi connectivity index (χ0n) is 17.4. The largest absolute Gasteiger partial charge is 0.297 e. The number of rotatable bonds is 9. The Bertz CT molecular complexity index is 229. The second-order valence-electron chi connectivity index (χ2n) is 8.25. The minimum absolute atomic E-state index is 0.580. The van der Waals surface area contributed by atoms with Crippen LogP contribution in [0.5, 0.6) is 0 Å². The van der Waals surface area contributed by atoms with E-state index in [2.05, 4.69) is 96.8 Å². The highest BCUT2D eigenvalue weighted by Gasteiger charge is 2.40. The van der Waals surface area contributed by atoms with Crippen LogP contribution < -0.4 is 0 Å². The van der Waals surface area contributed by atoms with Crippen molar-refractivity contribution in [1.29, 1.82) is 0 Å². The van der Waals surface area contributed by atoms with Gasteiger partial charge in [-0.15, -0.1) is 0 Å². The minimum atomic E-state index is -1.43. The standard InChI is InChI=1S/C18H43N3Si/c1-13(2)19(14(3)4)22(20(15(5)6)16(7)8)21(17(9)10)18(11)12/h13-18,22H,1-12H3. The van der Waals surface area contributed by atoms with Crippen molar-refractivity contribution in [2.75, 3.05) is 0 Å². The highest BCUT2D eigenvalue weighted by molar-refractivity contribution is 6.50. The molecular weight excluding hydrogens is 286 g/mol. The third-order valence-corrected chi connectivity index (χ3v) is 9.56. The second-order valence-corrected chi connectivity index (χ2v) is 10.7. The summed E-state index contributed by atoms with van der Waals surface area (Å²) in [6.45, 7) is 28.3. The molecule has 0 saturated carbocycles. The summed E-state index contributed by atoms with van der Waals surface area (Å²) >= 11 is 0. The Morgan fingerprint density at radius 1 is 0.364 bits per heavy atom. The normalized spacial score (nSPS) is 13.9. The summed E-state index contributed by atoms with van der Waals surface area (Å²) in [5, 5.41) is 0. The number of nitrogens with zero attached hydrogens (tertiary/aromatic N) is 3. The molecule has 0 rings (SSSR count). The van der Waals surface area contributed by atoms with Gasteiger partial charge in [0.25, 0.3) is 9.28 Å². The maximum Gasteiger partial charge on any atom is 0.273 e. The summed E-state index contributed by atoms with van der Waals surface area (Å²) < 4.78 is 8.42. The summed E-state index contributed by atoms with van der Waals surface area (Å²) in [7, 11) is -1.43. The Morgan fingerprint density at radius 3 is 0.591 bits per heavy atom. The Hall–Kier alpha value is 0.0969. The van der Waals surface area contributed by atoms with E-state index in [1.807, 2.05) is 0 Å². The lowest BCUT2D eigenvalue weighted by Crippen LogP contribution is -2.71. The first-order valence-electron chi connectivity index (χ1n) is 9.25. The topological polar surface area (TPSA) is 9.72 Å². The highest BCUT2D eigenvalue weighted by atomic mass is 28.3. The van der Waals surface area contributed by atoms with Crippen LogP contribution in [-0.4, -0.2) is 59.2 Å². The van der Waals surface area contributed by atoms with Gasteiger partial charge in [-0.05, 0) is 36.3 Å². The van der Waals surface area contributed by atoms with Gasteiger partial charge in [0.05, 0.1) is 0 Å². The van der Waals surface area contributed by atoms with E-state index in [0.29, 0.717) is 36.3 Å². The SMILES string of the molecule is CC(C)N(C(C)C)[SiH](N(C(C)C)C(C)C)N(C(C)C)C(C)C. The van der Waals surface area contributed by atoms with E-state index in [1.54, 1.807) is 0 Å². The van der Waals surface area contributed by atoms with E-state index in [4.69, 9.17) is 0 Å². The Labute approximate surface area is 142 Å². The predicted octanol–water partition coefficient (Wildman–Crippen LogP) is 4.06. The average Bonchev–Trinajstić information content (AvgIpc) is 2.24. The molecule has 0 bridgehead atoms. The van der Waals surface area contributed by atoms with Crippen LogP contribution in [0.3, 0.4) is 0 Å². The molecule has 3 nitrogen and oxygen atoms in total. The highest BCUT2D eigenvalue weighted by Crippen LogP contribution is 2.23. The Morgan fingerprint density at radius 2 is 0.500 bits per heavy atom. The van der Waals surface area contributed by atoms with Crippen molar-refractivity contribution < 1.29 is 0 Å². The van der Waals surface area contributed by atoms with E-state index in [1.165, 1.54) is 0 Å². The molecule has 0 fully saturated rings. The first-order chi connectivity index (χ1) is 9.93. The van der Waals surface area contributed by atoms with E-state index >= 15 is 0 Å². The van der Waals surface area contributed by atoms with Gasteiger partial charge in [0, 0.05) is 0 Å². The quantitative estimate of drug-likeness (QED) is 0.591. The van der Waals surface area contributed by atoms with Gasteiger partial charge in [0.2, 0.25) is 0 Å². The maximum atomic E-state index is 2.81. The molecule has 0 aromatic heterocycles. The minimum Gasteiger partial charge on any atom is -0.297 e. The molecule has 22 heavy (non-hydrogen) atoms. The molecule has 0 unspecified atom stereocenters. The van der Waals surface area contributed by atoms with Crippen LogP contribution >= 0.6 is 0 Å². The van der Waals surface area contributed by atoms with Crippen LogP contribution in [0.25, 0.3) is 0 Å². The van der Waals surface area contributed by atoms with Gasteiger partial charge in [-0.3, -0.25) is 13.7 Å². The third kappa shape index (κ3) is 5.62. The van der Waals surface area contributed by atoms with Crippen LogP contribution in [-0.2, 0) is 0 Å². The maximum absolute atomic E-state index is 2.81. The van der Waals surface area contributed by atoms with Crippen molar-refractivity contribution in [1.82, 2.24) is 13.7 Å². The molecule has 4 heteroatoms. The van der Waals surface area contributed by atoms with E-state index < -0.39 is 9.28 Å². The summed E-state index contributed by atoms with van der Waals surface area (Å²) in [5.41, 5.74) is 0. The smallest absolute Gasteiger partial charge is 0.273 e. The molecule has 134 valence electrons. The molecule has 0 N–H and O–H groups in total. The predicted molar refractivity (Wildman–Crippen MR) is 103 cm³/mol. The first kappa shape index (κ1) is 22.1. The molecule has 0 amide bonds. The van der Waals surface area contributed by atoms with Crippen LogP contribution in [0, 0.1) is 0 Å². The molecule has 0 aliphatic carbocycles. The van der Waals surface area contributed by atoms with Crippen LogP contribution in [0.4, 0.5) is 0 Å². The third-order valence-electron chi connectivity index (χ3n) is 4.38. The number of hydrogen-bond donors (Lipinski definition) is 0.